The van der Waals surface area contributed by atoms with Gasteiger partial charge in [-0.25, -0.2) is 8.42 Å². The summed E-state index contributed by atoms with van der Waals surface area (Å²) in [7, 11) is -3.83. The molecule has 0 aliphatic carbocycles. The van der Waals surface area contributed by atoms with Crippen molar-refractivity contribution in [1.82, 2.24) is 10.3 Å². The van der Waals surface area contributed by atoms with Crippen LogP contribution in [0.15, 0.2) is 71.8 Å². The normalized spacial score (nSPS) is 13.8. The van der Waals surface area contributed by atoms with E-state index in [0.29, 0.717) is 36.0 Å². The largest absolute Gasteiger partial charge is 0.486 e. The Morgan fingerprint density at radius 2 is 1.74 bits per heavy atom. The van der Waals surface area contributed by atoms with E-state index in [1.165, 1.54) is 24.3 Å². The van der Waals surface area contributed by atoms with E-state index in [0.717, 1.165) is 5.69 Å². The van der Waals surface area contributed by atoms with E-state index in [4.69, 9.17) is 9.47 Å². The minimum atomic E-state index is -3.83. The first-order valence-electron chi connectivity index (χ1n) is 9.67. The van der Waals surface area contributed by atoms with Crippen LogP contribution >= 0.6 is 0 Å². The third kappa shape index (κ3) is 4.77. The summed E-state index contributed by atoms with van der Waals surface area (Å²) >= 11 is 0. The van der Waals surface area contributed by atoms with Crippen LogP contribution in [-0.4, -0.2) is 32.5 Å². The summed E-state index contributed by atoms with van der Waals surface area (Å²) in [6, 6.07) is 15.9. The summed E-state index contributed by atoms with van der Waals surface area (Å²) in [6.07, 6.45) is 1.67. The van der Waals surface area contributed by atoms with Gasteiger partial charge in [0.15, 0.2) is 11.5 Å². The zero-order valence-corrected chi connectivity index (χ0v) is 17.6. The number of amides is 1. The molecule has 1 aromatic heterocycles. The summed E-state index contributed by atoms with van der Waals surface area (Å²) in [6.45, 7) is 2.64. The lowest BCUT2D eigenvalue weighted by atomic mass is 10.1. The molecule has 0 fully saturated rings. The number of carbonyl (C=O) groups is 1. The van der Waals surface area contributed by atoms with Gasteiger partial charge in [0.1, 0.15) is 13.2 Å². The van der Waals surface area contributed by atoms with E-state index >= 15 is 0 Å². The Bertz CT molecular complexity index is 1180. The monoisotopic (exact) mass is 439 g/mol. The highest BCUT2D eigenvalue weighted by Gasteiger charge is 2.20. The Labute approximate surface area is 180 Å². The van der Waals surface area contributed by atoms with Gasteiger partial charge in [-0.2, -0.15) is 0 Å². The number of hydrogen-bond donors (Lipinski definition) is 2. The van der Waals surface area contributed by atoms with Gasteiger partial charge in [0.25, 0.3) is 15.9 Å². The first-order chi connectivity index (χ1) is 14.9. The molecule has 4 rings (SSSR count). The van der Waals surface area contributed by atoms with Crippen molar-refractivity contribution in [2.24, 2.45) is 0 Å². The van der Waals surface area contributed by atoms with Crippen LogP contribution in [0, 0.1) is 0 Å². The van der Waals surface area contributed by atoms with Crippen molar-refractivity contribution in [2.45, 2.75) is 17.9 Å². The van der Waals surface area contributed by atoms with Crippen molar-refractivity contribution in [3.05, 3.63) is 78.1 Å². The number of sulfonamides is 1. The number of hydrogen-bond acceptors (Lipinski definition) is 6. The highest BCUT2D eigenvalue weighted by atomic mass is 32.2. The molecule has 9 heteroatoms. The second kappa shape index (κ2) is 8.65. The van der Waals surface area contributed by atoms with E-state index in [9.17, 15) is 13.2 Å². The van der Waals surface area contributed by atoms with Gasteiger partial charge in [-0.1, -0.05) is 6.07 Å². The van der Waals surface area contributed by atoms with Gasteiger partial charge in [0.05, 0.1) is 16.6 Å². The maximum Gasteiger partial charge on any atom is 0.262 e. The van der Waals surface area contributed by atoms with E-state index in [-0.39, 0.29) is 16.8 Å². The topological polar surface area (TPSA) is 107 Å². The molecule has 1 amide bonds. The van der Waals surface area contributed by atoms with Crippen LogP contribution in [0.3, 0.4) is 0 Å². The smallest absolute Gasteiger partial charge is 0.262 e. The predicted molar refractivity (Wildman–Crippen MR) is 115 cm³/mol. The van der Waals surface area contributed by atoms with Gasteiger partial charge >= 0.3 is 0 Å². The van der Waals surface area contributed by atoms with Crippen molar-refractivity contribution < 1.29 is 22.7 Å². The van der Waals surface area contributed by atoms with Gasteiger partial charge in [-0.15, -0.1) is 0 Å². The lowest BCUT2D eigenvalue weighted by Crippen LogP contribution is -2.27. The predicted octanol–water partition coefficient (Wildman–Crippen LogP) is 3.14. The number of carbonyl (C=O) groups excluding carboxylic acids is 1. The van der Waals surface area contributed by atoms with Gasteiger partial charge in [0, 0.05) is 23.5 Å². The van der Waals surface area contributed by atoms with Crippen LogP contribution < -0.4 is 19.5 Å². The van der Waals surface area contributed by atoms with Crippen molar-refractivity contribution in [3.63, 3.8) is 0 Å². The lowest BCUT2D eigenvalue weighted by Gasteiger charge is -2.19. The van der Waals surface area contributed by atoms with Crippen molar-refractivity contribution >= 4 is 21.6 Å². The SMILES string of the molecule is C[C@H](NC(=O)c1ccc(NS(=O)(=O)c2ccc3c(c2)OCCO3)cc1)c1ccccn1. The summed E-state index contributed by atoms with van der Waals surface area (Å²) in [5.74, 6) is 0.628. The van der Waals surface area contributed by atoms with E-state index in [1.54, 1.807) is 24.4 Å². The number of nitrogens with zero attached hydrogens (tertiary/aromatic N) is 1. The van der Waals surface area contributed by atoms with Gasteiger partial charge in [-0.05, 0) is 55.5 Å². The maximum atomic E-state index is 12.7. The van der Waals surface area contributed by atoms with Crippen molar-refractivity contribution in [1.29, 1.82) is 0 Å². The molecule has 1 aliphatic rings. The molecule has 0 radical (unpaired) electrons. The van der Waals surface area contributed by atoms with Gasteiger partial charge in [0.2, 0.25) is 0 Å². The average Bonchev–Trinajstić information content (AvgIpc) is 2.79. The van der Waals surface area contributed by atoms with Crippen LogP contribution in [0.25, 0.3) is 0 Å². The molecule has 0 unspecified atom stereocenters. The molecule has 3 aromatic rings. The van der Waals surface area contributed by atoms with Crippen LogP contribution in [0.1, 0.15) is 29.0 Å². The third-order valence-electron chi connectivity index (χ3n) is 4.70. The molecule has 160 valence electrons. The van der Waals surface area contributed by atoms with E-state index in [1.807, 2.05) is 25.1 Å². The Hall–Kier alpha value is -3.59. The van der Waals surface area contributed by atoms with E-state index in [2.05, 4.69) is 15.0 Å². The number of anilines is 1. The minimum Gasteiger partial charge on any atom is -0.486 e. The number of pyridine rings is 1. The molecule has 0 saturated carbocycles. The summed E-state index contributed by atoms with van der Waals surface area (Å²) in [5, 5.41) is 2.87. The zero-order chi connectivity index (χ0) is 21.8. The molecular formula is C22H21N3O5S. The molecule has 8 nitrogen and oxygen atoms in total. The second-order valence-electron chi connectivity index (χ2n) is 6.94. The van der Waals surface area contributed by atoms with Crippen LogP contribution in [0.5, 0.6) is 11.5 Å². The van der Waals surface area contributed by atoms with Gasteiger partial charge in [-0.3, -0.25) is 14.5 Å². The Balaban J connectivity index is 1.44. The minimum absolute atomic E-state index is 0.0581. The van der Waals surface area contributed by atoms with Crippen LogP contribution in [0.2, 0.25) is 0 Å². The quantitative estimate of drug-likeness (QED) is 0.611. The maximum absolute atomic E-state index is 12.7. The first kappa shape index (κ1) is 20.7. The first-order valence-corrected chi connectivity index (χ1v) is 11.1. The zero-order valence-electron chi connectivity index (χ0n) is 16.7. The molecular weight excluding hydrogens is 418 g/mol. The summed E-state index contributed by atoms with van der Waals surface area (Å²) in [4.78, 5) is 16.8. The Morgan fingerprint density at radius 1 is 1.00 bits per heavy atom. The molecule has 2 N–H and O–H groups in total. The molecule has 2 heterocycles. The molecule has 31 heavy (non-hydrogen) atoms. The highest BCUT2D eigenvalue weighted by molar-refractivity contribution is 7.92. The summed E-state index contributed by atoms with van der Waals surface area (Å²) < 4.78 is 38.8. The van der Waals surface area contributed by atoms with E-state index < -0.39 is 10.0 Å². The fourth-order valence-corrected chi connectivity index (χ4v) is 4.15. The van der Waals surface area contributed by atoms with Crippen molar-refractivity contribution in [3.8, 4) is 11.5 Å². The van der Waals surface area contributed by atoms with Crippen LogP contribution in [0.4, 0.5) is 5.69 Å². The molecule has 0 saturated heterocycles. The Kier molecular flexibility index (Phi) is 5.77. The Morgan fingerprint density at radius 3 is 2.45 bits per heavy atom. The standard InChI is InChI=1S/C22H21N3O5S/c1-15(19-4-2-3-11-23-19)24-22(26)16-5-7-17(8-6-16)25-31(27,28)18-9-10-20-21(14-18)30-13-12-29-20/h2-11,14-15,25H,12-13H2,1H3,(H,24,26)/t15-/m0/s1. The third-order valence-corrected chi connectivity index (χ3v) is 6.08. The fourth-order valence-electron chi connectivity index (χ4n) is 3.08. The number of benzene rings is 2. The van der Waals surface area contributed by atoms with Crippen molar-refractivity contribution in [2.75, 3.05) is 17.9 Å². The van der Waals surface area contributed by atoms with Gasteiger partial charge < -0.3 is 14.8 Å². The fraction of sp³-hybridized carbons (Fsp3) is 0.182. The average molecular weight is 439 g/mol. The molecule has 0 spiro atoms. The number of ether oxygens (including phenoxy) is 2. The number of fused-ring (bicyclic) bond motifs is 1. The summed E-state index contributed by atoms with van der Waals surface area (Å²) in [5.41, 5.74) is 1.49. The number of nitrogens with one attached hydrogen (secondary N) is 2. The lowest BCUT2D eigenvalue weighted by molar-refractivity contribution is 0.0939. The highest BCUT2D eigenvalue weighted by Crippen LogP contribution is 2.32. The number of aromatic nitrogens is 1. The molecule has 0 bridgehead atoms. The molecule has 2 aromatic carbocycles. The van der Waals surface area contributed by atoms with Crippen LogP contribution in [-0.2, 0) is 10.0 Å². The number of rotatable bonds is 6. The molecule has 1 aliphatic heterocycles. The molecule has 1 atom stereocenters. The second-order valence-corrected chi connectivity index (χ2v) is 8.62.